The van der Waals surface area contributed by atoms with E-state index in [1.165, 1.54) is 98.2 Å². The Kier molecular flexibility index (Phi) is 21.5. The second kappa shape index (κ2) is 36.0. The normalized spacial score (nSPS) is 12.0. The first kappa shape index (κ1) is 84.3. The standard InChI is InChI=1S/C58H41N3.C40H26N2.C35H21N3/c1-58(2)52-28-12-11-26-51(52)54-50(27-15-29-53(54)58)45-25-14-23-43(33-45)42-22-13-24-44(32-42)48-35-47(38-16-5-3-6-17-38)36-49(37-48)57-60-55(40-19-7-4-8-20-40)59-56(61-57)46-31-30-39-18-9-10-21-41(39)34-46;1-3-13-27(14-4-1)30-18-9-12-22-35(30)39-26-38(29-16-5-2-6-17-29)41-40(42-39)37-25-36-31-19-8-7-15-28(31)23-24-34(36)32-20-10-11-21-33(32)37;1-2-9-26(10-3-1)33-36-34(29-15-7-11-22-8-4-5-14-27(22)29)38-35(37-33)30-21-19-25-17-16-23-12-6-13-24-18-20-28(30)32(25)31(23)24/h3-37H,1-2H3;1-26H;1-21H. The average molecular weight is 1800 g/mol. The summed E-state index contributed by atoms with van der Waals surface area (Å²) in [5.41, 5.74) is 27.7. The van der Waals surface area contributed by atoms with E-state index in [0.29, 0.717) is 34.9 Å². The van der Waals surface area contributed by atoms with E-state index in [1.54, 1.807) is 0 Å². The van der Waals surface area contributed by atoms with Crippen LogP contribution < -0.4 is 0 Å². The fraction of sp³-hybridized carbons (Fsp3) is 0.0226. The topological polar surface area (TPSA) is 103 Å². The Bertz CT molecular complexity index is 9310. The van der Waals surface area contributed by atoms with Gasteiger partial charge in [0.15, 0.2) is 40.8 Å². The lowest BCUT2D eigenvalue weighted by Gasteiger charge is -2.21. The van der Waals surface area contributed by atoms with Crippen LogP contribution in [0.4, 0.5) is 0 Å². The van der Waals surface area contributed by atoms with Gasteiger partial charge >= 0.3 is 0 Å². The molecule has 0 unspecified atom stereocenters. The van der Waals surface area contributed by atoms with Crippen molar-refractivity contribution in [1.29, 1.82) is 0 Å². The van der Waals surface area contributed by atoms with Crippen LogP contribution in [0.5, 0.6) is 0 Å². The Balaban J connectivity index is 0.000000115. The van der Waals surface area contributed by atoms with Crippen LogP contribution in [0.1, 0.15) is 25.0 Å². The van der Waals surface area contributed by atoms with Crippen molar-refractivity contribution in [3.63, 3.8) is 0 Å². The van der Waals surface area contributed by atoms with Crippen LogP contribution in [0, 0.1) is 0 Å². The molecule has 3 heterocycles. The van der Waals surface area contributed by atoms with Gasteiger partial charge in [0, 0.05) is 55.5 Å². The monoisotopic (exact) mass is 1800 g/mol. The maximum atomic E-state index is 5.31. The van der Waals surface area contributed by atoms with Gasteiger partial charge in [-0.15, -0.1) is 0 Å². The summed E-state index contributed by atoms with van der Waals surface area (Å²) < 4.78 is 0. The summed E-state index contributed by atoms with van der Waals surface area (Å²) in [5.74, 6) is 4.65. The first-order chi connectivity index (χ1) is 69.6. The minimum atomic E-state index is -0.0521. The summed E-state index contributed by atoms with van der Waals surface area (Å²) in [5, 5.41) is 19.3. The van der Waals surface area contributed by atoms with Gasteiger partial charge in [0.1, 0.15) is 0 Å². The molecule has 0 aliphatic heterocycles. The number of hydrogen-bond acceptors (Lipinski definition) is 8. The zero-order valence-electron chi connectivity index (χ0n) is 77.4. The molecular formula is C133H88N8. The van der Waals surface area contributed by atoms with Gasteiger partial charge in [-0.3, -0.25) is 0 Å². The van der Waals surface area contributed by atoms with Crippen LogP contribution in [0.2, 0.25) is 0 Å². The van der Waals surface area contributed by atoms with E-state index >= 15 is 0 Å². The van der Waals surface area contributed by atoms with Crippen molar-refractivity contribution in [3.05, 3.63) is 509 Å². The second-order valence-corrected chi connectivity index (χ2v) is 36.7. The molecule has 0 fully saturated rings. The van der Waals surface area contributed by atoms with Gasteiger partial charge in [-0.05, 0) is 219 Å². The smallest absolute Gasteiger partial charge is 0.164 e. The molecular weight excluding hydrogens is 1710 g/mol. The third-order valence-electron chi connectivity index (χ3n) is 27.8. The van der Waals surface area contributed by atoms with E-state index in [1.807, 2.05) is 42.5 Å². The van der Waals surface area contributed by atoms with Crippen molar-refractivity contribution in [2.24, 2.45) is 0 Å². The van der Waals surface area contributed by atoms with Crippen LogP contribution in [0.15, 0.2) is 497 Å². The highest BCUT2D eigenvalue weighted by Crippen LogP contribution is 2.53. The lowest BCUT2D eigenvalue weighted by molar-refractivity contribution is 0.660. The fourth-order valence-corrected chi connectivity index (χ4v) is 20.9. The number of fused-ring (bicyclic) bond motifs is 10. The quantitative estimate of drug-likeness (QED) is 0.0992. The molecule has 660 valence electrons. The van der Waals surface area contributed by atoms with Crippen LogP contribution in [0.3, 0.4) is 0 Å². The maximum Gasteiger partial charge on any atom is 0.164 e. The number of nitrogens with zero attached hydrogens (tertiary/aromatic N) is 8. The van der Waals surface area contributed by atoms with Gasteiger partial charge in [-0.1, -0.05) is 457 Å². The molecule has 0 amide bonds. The number of hydrogen-bond donors (Lipinski definition) is 0. The molecule has 27 rings (SSSR count). The predicted molar refractivity (Wildman–Crippen MR) is 587 cm³/mol. The van der Waals surface area contributed by atoms with E-state index in [9.17, 15) is 0 Å². The molecule has 0 saturated heterocycles. The Labute approximate surface area is 817 Å². The van der Waals surface area contributed by atoms with E-state index < -0.39 is 0 Å². The summed E-state index contributed by atoms with van der Waals surface area (Å²) in [6, 6.07) is 176. The maximum absolute atomic E-state index is 5.31. The molecule has 8 heteroatoms. The molecule has 3 aromatic heterocycles. The molecule has 1 aliphatic carbocycles. The molecule has 23 aromatic carbocycles. The first-order valence-electron chi connectivity index (χ1n) is 48.0. The average Bonchev–Trinajstić information content (AvgIpc) is 1.68. The molecule has 0 N–H and O–H groups in total. The highest BCUT2D eigenvalue weighted by molar-refractivity contribution is 6.26. The Hall–Kier alpha value is -18.5. The molecule has 141 heavy (non-hydrogen) atoms. The zero-order valence-corrected chi connectivity index (χ0v) is 77.4. The summed E-state index contributed by atoms with van der Waals surface area (Å²) in [7, 11) is 0. The highest BCUT2D eigenvalue weighted by Gasteiger charge is 2.37. The summed E-state index contributed by atoms with van der Waals surface area (Å²) >= 11 is 0. The lowest BCUT2D eigenvalue weighted by atomic mass is 9.82. The number of aromatic nitrogens is 8. The second-order valence-electron chi connectivity index (χ2n) is 36.7. The Morgan fingerprint density at radius 2 is 0.518 bits per heavy atom. The van der Waals surface area contributed by atoms with Gasteiger partial charge in [0.05, 0.1) is 11.4 Å². The van der Waals surface area contributed by atoms with Gasteiger partial charge in [-0.2, -0.15) is 0 Å². The number of rotatable bonds is 14. The third kappa shape index (κ3) is 15.9. The van der Waals surface area contributed by atoms with Crippen molar-refractivity contribution in [2.45, 2.75) is 19.3 Å². The molecule has 0 bridgehead atoms. The fourth-order valence-electron chi connectivity index (χ4n) is 20.9. The molecule has 0 saturated carbocycles. The largest absolute Gasteiger partial charge is 0.228 e. The molecule has 26 aromatic rings. The Morgan fingerprint density at radius 3 is 1.21 bits per heavy atom. The van der Waals surface area contributed by atoms with Crippen LogP contribution >= 0.6 is 0 Å². The molecule has 0 radical (unpaired) electrons. The van der Waals surface area contributed by atoms with Crippen molar-refractivity contribution < 1.29 is 0 Å². The highest BCUT2D eigenvalue weighted by atomic mass is 15.0. The minimum absolute atomic E-state index is 0.0521. The summed E-state index contributed by atoms with van der Waals surface area (Å²) in [6.45, 7) is 4.68. The number of benzene rings is 23. The zero-order chi connectivity index (χ0) is 93.9. The SMILES string of the molecule is CC1(C)c2ccccc2-c2c(-c3cccc(-c4cccc(-c5cc(-c6ccccc6)cc(-c6nc(-c7ccccc7)nc(-c7ccc8ccccc8c7)n6)c5)c4)c3)cccc21.c1ccc(-c2cc(-c3ccccc3-c3ccccc3)nc(-c3cc4c5ccccc5ccc4c4ccccc34)n2)cc1.c1ccc(-c2nc(-c3cccc4ccccc34)nc(-c3ccc4ccc5cccc6ccc3c4c56)n2)cc1. The predicted octanol–water partition coefficient (Wildman–Crippen LogP) is 34.5. The molecule has 0 spiro atoms. The van der Waals surface area contributed by atoms with Crippen molar-refractivity contribution in [2.75, 3.05) is 0 Å². The van der Waals surface area contributed by atoms with Crippen molar-refractivity contribution in [3.8, 4) is 169 Å². The minimum Gasteiger partial charge on any atom is -0.228 e. The Morgan fingerprint density at radius 1 is 0.142 bits per heavy atom. The van der Waals surface area contributed by atoms with Crippen molar-refractivity contribution in [1.82, 2.24) is 39.9 Å². The molecule has 8 nitrogen and oxygen atoms in total. The van der Waals surface area contributed by atoms with Crippen LogP contribution in [-0.4, -0.2) is 39.9 Å². The molecule has 0 atom stereocenters. The van der Waals surface area contributed by atoms with Crippen LogP contribution in [0.25, 0.3) is 255 Å². The third-order valence-corrected chi connectivity index (χ3v) is 27.8. The summed E-state index contributed by atoms with van der Waals surface area (Å²) in [6.07, 6.45) is 0. The lowest BCUT2D eigenvalue weighted by Crippen LogP contribution is -2.14. The summed E-state index contributed by atoms with van der Waals surface area (Å²) in [4.78, 5) is 41.1. The van der Waals surface area contributed by atoms with Crippen molar-refractivity contribution >= 4 is 86.2 Å². The molecule has 1 aliphatic rings. The van der Waals surface area contributed by atoms with Gasteiger partial charge in [0.25, 0.3) is 0 Å². The first-order valence-corrected chi connectivity index (χ1v) is 48.0. The van der Waals surface area contributed by atoms with E-state index in [-0.39, 0.29) is 5.41 Å². The van der Waals surface area contributed by atoms with E-state index in [0.717, 1.165) is 133 Å². The van der Waals surface area contributed by atoms with E-state index in [2.05, 4.69) is 469 Å². The van der Waals surface area contributed by atoms with E-state index in [4.69, 9.17) is 39.9 Å². The van der Waals surface area contributed by atoms with Gasteiger partial charge < -0.3 is 0 Å². The van der Waals surface area contributed by atoms with Crippen LogP contribution in [-0.2, 0) is 5.41 Å². The van der Waals surface area contributed by atoms with Gasteiger partial charge in [0.2, 0.25) is 0 Å². The van der Waals surface area contributed by atoms with Gasteiger partial charge in [-0.25, -0.2) is 39.9 Å².